The van der Waals surface area contributed by atoms with Gasteiger partial charge in [0.15, 0.2) is 0 Å². The first kappa shape index (κ1) is 17.2. The second-order valence-corrected chi connectivity index (χ2v) is 6.01. The molecular formula is C19H22N2O4. The molecule has 2 heterocycles. The number of carbonyl (C=O) groups is 2. The van der Waals surface area contributed by atoms with Gasteiger partial charge in [0.05, 0.1) is 13.2 Å². The number of morpholine rings is 1. The number of amides is 2. The maximum Gasteiger partial charge on any atom is 0.254 e. The molecule has 1 fully saturated rings. The normalized spacial score (nSPS) is 17.4. The molecule has 6 heteroatoms. The second-order valence-electron chi connectivity index (χ2n) is 6.01. The summed E-state index contributed by atoms with van der Waals surface area (Å²) in [6.07, 6.45) is 0.812. The van der Waals surface area contributed by atoms with Crippen LogP contribution in [0.2, 0.25) is 0 Å². The SMILES string of the molecule is CCc1ccc([C@@H]2COCCN2C(=O)c2ccc(NC(C)=O)cc2)o1. The van der Waals surface area contributed by atoms with Crippen LogP contribution < -0.4 is 5.32 Å². The van der Waals surface area contributed by atoms with Crippen LogP contribution in [0.25, 0.3) is 0 Å². The first-order valence-corrected chi connectivity index (χ1v) is 8.43. The quantitative estimate of drug-likeness (QED) is 0.927. The molecule has 2 amide bonds. The summed E-state index contributed by atoms with van der Waals surface area (Å²) in [7, 11) is 0. The number of nitrogens with one attached hydrogen (secondary N) is 1. The maximum absolute atomic E-state index is 12.9. The molecule has 25 heavy (non-hydrogen) atoms. The first-order chi connectivity index (χ1) is 12.1. The molecule has 0 aliphatic carbocycles. The lowest BCUT2D eigenvalue weighted by Crippen LogP contribution is -2.43. The standard InChI is InChI=1S/C19H22N2O4/c1-3-16-8-9-18(25-16)17-12-24-11-10-21(17)19(23)14-4-6-15(7-5-14)20-13(2)22/h4-9,17H,3,10-12H2,1-2H3,(H,20,22)/t17-/m0/s1. The van der Waals surface area contributed by atoms with Crippen molar-refractivity contribution in [2.24, 2.45) is 0 Å². The monoisotopic (exact) mass is 342 g/mol. The number of aryl methyl sites for hydroxylation is 1. The molecule has 2 aromatic rings. The van der Waals surface area contributed by atoms with E-state index in [1.54, 1.807) is 29.2 Å². The van der Waals surface area contributed by atoms with E-state index in [0.717, 1.165) is 17.9 Å². The molecule has 3 rings (SSSR count). The maximum atomic E-state index is 12.9. The summed E-state index contributed by atoms with van der Waals surface area (Å²) in [6, 6.07) is 10.5. The summed E-state index contributed by atoms with van der Waals surface area (Å²) in [5.41, 5.74) is 1.24. The van der Waals surface area contributed by atoms with Crippen LogP contribution in [0.3, 0.4) is 0 Å². The third kappa shape index (κ3) is 3.91. The average Bonchev–Trinajstić information content (AvgIpc) is 3.10. The van der Waals surface area contributed by atoms with Crippen LogP contribution >= 0.6 is 0 Å². The molecule has 0 saturated carbocycles. The number of nitrogens with zero attached hydrogens (tertiary/aromatic N) is 1. The number of rotatable bonds is 4. The minimum absolute atomic E-state index is 0.0721. The van der Waals surface area contributed by atoms with Gasteiger partial charge in [-0.2, -0.15) is 0 Å². The van der Waals surface area contributed by atoms with Crippen LogP contribution in [0.5, 0.6) is 0 Å². The largest absolute Gasteiger partial charge is 0.464 e. The number of anilines is 1. The van der Waals surface area contributed by atoms with Crippen molar-refractivity contribution in [3.05, 3.63) is 53.5 Å². The van der Waals surface area contributed by atoms with Crippen molar-refractivity contribution < 1.29 is 18.7 Å². The van der Waals surface area contributed by atoms with E-state index in [-0.39, 0.29) is 17.9 Å². The fraction of sp³-hybridized carbons (Fsp3) is 0.368. The van der Waals surface area contributed by atoms with Crippen LogP contribution in [0.4, 0.5) is 5.69 Å². The van der Waals surface area contributed by atoms with Crippen molar-refractivity contribution in [3.63, 3.8) is 0 Å². The Morgan fingerprint density at radius 1 is 1.20 bits per heavy atom. The summed E-state index contributed by atoms with van der Waals surface area (Å²) < 4.78 is 11.4. The Labute approximate surface area is 146 Å². The van der Waals surface area contributed by atoms with Gasteiger partial charge in [-0.3, -0.25) is 9.59 Å². The van der Waals surface area contributed by atoms with Gasteiger partial charge in [0.25, 0.3) is 5.91 Å². The highest BCUT2D eigenvalue weighted by molar-refractivity contribution is 5.95. The summed E-state index contributed by atoms with van der Waals surface area (Å²) in [5.74, 6) is 1.43. The minimum atomic E-state index is -0.225. The summed E-state index contributed by atoms with van der Waals surface area (Å²) in [5, 5.41) is 2.70. The lowest BCUT2D eigenvalue weighted by Gasteiger charge is -2.34. The third-order valence-corrected chi connectivity index (χ3v) is 4.20. The van der Waals surface area contributed by atoms with Crippen LogP contribution in [-0.4, -0.2) is 36.5 Å². The summed E-state index contributed by atoms with van der Waals surface area (Å²) in [4.78, 5) is 25.8. The zero-order chi connectivity index (χ0) is 17.8. The highest BCUT2D eigenvalue weighted by Crippen LogP contribution is 2.28. The summed E-state index contributed by atoms with van der Waals surface area (Å²) >= 11 is 0. The van der Waals surface area contributed by atoms with Crippen molar-refractivity contribution >= 4 is 17.5 Å². The van der Waals surface area contributed by atoms with Gasteiger partial charge in [0.1, 0.15) is 17.6 Å². The molecule has 0 spiro atoms. The van der Waals surface area contributed by atoms with Gasteiger partial charge in [-0.25, -0.2) is 0 Å². The number of ether oxygens (including phenoxy) is 1. The number of carbonyl (C=O) groups excluding carboxylic acids is 2. The fourth-order valence-corrected chi connectivity index (χ4v) is 2.91. The molecule has 6 nitrogen and oxygen atoms in total. The van der Waals surface area contributed by atoms with Crippen molar-refractivity contribution in [2.45, 2.75) is 26.3 Å². The van der Waals surface area contributed by atoms with E-state index in [1.807, 2.05) is 19.1 Å². The Balaban J connectivity index is 1.79. The Kier molecular flexibility index (Phi) is 5.19. The van der Waals surface area contributed by atoms with Crippen molar-refractivity contribution in [2.75, 3.05) is 25.1 Å². The molecular weight excluding hydrogens is 320 g/mol. The lowest BCUT2D eigenvalue weighted by atomic mass is 10.1. The van der Waals surface area contributed by atoms with Crippen LogP contribution in [0.1, 0.15) is 41.8 Å². The second kappa shape index (κ2) is 7.53. The number of hydrogen-bond acceptors (Lipinski definition) is 4. The third-order valence-electron chi connectivity index (χ3n) is 4.20. The van der Waals surface area contributed by atoms with E-state index >= 15 is 0 Å². The summed E-state index contributed by atoms with van der Waals surface area (Å²) in [6.45, 7) is 4.92. The molecule has 1 aliphatic heterocycles. The molecule has 1 saturated heterocycles. The Morgan fingerprint density at radius 3 is 2.60 bits per heavy atom. The van der Waals surface area contributed by atoms with Gasteiger partial charge >= 0.3 is 0 Å². The number of benzene rings is 1. The number of hydrogen-bond donors (Lipinski definition) is 1. The smallest absolute Gasteiger partial charge is 0.254 e. The molecule has 1 aromatic carbocycles. The average molecular weight is 342 g/mol. The van der Waals surface area contributed by atoms with Gasteiger partial charge in [-0.05, 0) is 36.4 Å². The molecule has 1 atom stereocenters. The zero-order valence-electron chi connectivity index (χ0n) is 14.5. The van der Waals surface area contributed by atoms with E-state index in [0.29, 0.717) is 31.0 Å². The van der Waals surface area contributed by atoms with E-state index in [9.17, 15) is 9.59 Å². The molecule has 0 radical (unpaired) electrons. The van der Waals surface area contributed by atoms with Crippen molar-refractivity contribution in [1.82, 2.24) is 4.90 Å². The van der Waals surface area contributed by atoms with E-state index in [1.165, 1.54) is 6.92 Å². The highest BCUT2D eigenvalue weighted by Gasteiger charge is 2.31. The fourth-order valence-electron chi connectivity index (χ4n) is 2.91. The Morgan fingerprint density at radius 2 is 1.96 bits per heavy atom. The van der Waals surface area contributed by atoms with Crippen LogP contribution in [0, 0.1) is 0 Å². The molecule has 1 aromatic heterocycles. The van der Waals surface area contributed by atoms with E-state index < -0.39 is 0 Å². The molecule has 1 N–H and O–H groups in total. The first-order valence-electron chi connectivity index (χ1n) is 8.43. The van der Waals surface area contributed by atoms with Gasteiger partial charge in [-0.1, -0.05) is 6.92 Å². The predicted octanol–water partition coefficient (Wildman–Crippen LogP) is 3.01. The predicted molar refractivity (Wildman–Crippen MR) is 93.4 cm³/mol. The molecule has 0 bridgehead atoms. The van der Waals surface area contributed by atoms with Gasteiger partial charge in [0, 0.05) is 31.1 Å². The topological polar surface area (TPSA) is 71.8 Å². The zero-order valence-corrected chi connectivity index (χ0v) is 14.5. The molecule has 1 aliphatic rings. The van der Waals surface area contributed by atoms with E-state index in [2.05, 4.69) is 5.32 Å². The van der Waals surface area contributed by atoms with Crippen LogP contribution in [0.15, 0.2) is 40.8 Å². The van der Waals surface area contributed by atoms with E-state index in [4.69, 9.17) is 9.15 Å². The Bertz CT molecular complexity index is 751. The number of furan rings is 1. The highest BCUT2D eigenvalue weighted by atomic mass is 16.5. The minimum Gasteiger partial charge on any atom is -0.464 e. The van der Waals surface area contributed by atoms with Gasteiger partial charge in [0.2, 0.25) is 5.91 Å². The van der Waals surface area contributed by atoms with Gasteiger partial charge in [-0.15, -0.1) is 0 Å². The van der Waals surface area contributed by atoms with Crippen molar-refractivity contribution in [3.8, 4) is 0 Å². The molecule has 0 unspecified atom stereocenters. The lowest BCUT2D eigenvalue weighted by molar-refractivity contribution is -0.114. The Hall–Kier alpha value is -2.60. The van der Waals surface area contributed by atoms with Gasteiger partial charge < -0.3 is 19.4 Å². The van der Waals surface area contributed by atoms with Crippen molar-refractivity contribution in [1.29, 1.82) is 0 Å². The molecule has 132 valence electrons. The van der Waals surface area contributed by atoms with Crippen LogP contribution in [-0.2, 0) is 16.0 Å².